The van der Waals surface area contributed by atoms with Gasteiger partial charge in [-0.3, -0.25) is 0 Å². The molecule has 0 aliphatic rings. The van der Waals surface area contributed by atoms with Crippen LogP contribution >= 0.6 is 0 Å². The van der Waals surface area contributed by atoms with Gasteiger partial charge in [0.2, 0.25) is 0 Å². The van der Waals surface area contributed by atoms with Gasteiger partial charge in [-0.15, -0.1) is 0 Å². The van der Waals surface area contributed by atoms with Crippen LogP contribution in [0.15, 0.2) is 127 Å². The first kappa shape index (κ1) is 23.4. The number of halogens is 1. The molecule has 5 aromatic carbocycles. The van der Waals surface area contributed by atoms with Crippen molar-refractivity contribution in [2.45, 2.75) is 0 Å². The predicted octanol–water partition coefficient (Wildman–Crippen LogP) is 8.51. The van der Waals surface area contributed by atoms with E-state index in [0.717, 1.165) is 22.7 Å². The van der Waals surface area contributed by atoms with Gasteiger partial charge in [-0.1, -0.05) is 72.8 Å². The molecule has 5 aromatic rings. The van der Waals surface area contributed by atoms with Crippen molar-refractivity contribution in [3.63, 3.8) is 0 Å². The molecule has 0 heterocycles. The van der Waals surface area contributed by atoms with Gasteiger partial charge in [-0.05, 0) is 54.6 Å². The maximum absolute atomic E-state index is 16.1. The molecule has 0 N–H and O–H groups in total. The molecule has 5 rings (SSSR count). The summed E-state index contributed by atoms with van der Waals surface area (Å²) in [5.74, 6) is -0.855. The van der Waals surface area contributed by atoms with E-state index in [2.05, 4.69) is 0 Å². The van der Waals surface area contributed by atoms with E-state index in [0.29, 0.717) is 11.4 Å². The first-order chi connectivity index (χ1) is 18.2. The molecule has 0 atom stereocenters. The van der Waals surface area contributed by atoms with Crippen LogP contribution in [0.5, 0.6) is 0 Å². The molecule has 5 heteroatoms. The van der Waals surface area contributed by atoms with E-state index in [-0.39, 0.29) is 11.1 Å². The SMILES string of the molecule is N#Cc1c(N(c2ccccc2)c2ccccc2)cc(N(c2ccccc2)c2ccccc2)c(C#N)c1F. The van der Waals surface area contributed by atoms with Gasteiger partial charge in [0, 0.05) is 22.7 Å². The second kappa shape index (κ2) is 10.5. The van der Waals surface area contributed by atoms with Gasteiger partial charge < -0.3 is 9.80 Å². The lowest BCUT2D eigenvalue weighted by molar-refractivity contribution is 0.620. The molecule has 0 fully saturated rings. The predicted molar refractivity (Wildman–Crippen MR) is 145 cm³/mol. The van der Waals surface area contributed by atoms with Gasteiger partial charge in [0.1, 0.15) is 23.3 Å². The van der Waals surface area contributed by atoms with Crippen LogP contribution in [0.25, 0.3) is 0 Å². The van der Waals surface area contributed by atoms with Crippen molar-refractivity contribution in [2.24, 2.45) is 0 Å². The van der Waals surface area contributed by atoms with E-state index >= 15 is 4.39 Å². The normalized spacial score (nSPS) is 10.2. The zero-order valence-electron chi connectivity index (χ0n) is 19.8. The quantitative estimate of drug-likeness (QED) is 0.244. The van der Waals surface area contributed by atoms with Gasteiger partial charge in [0.25, 0.3) is 0 Å². The second-order valence-corrected chi connectivity index (χ2v) is 8.22. The standard InChI is InChI=1S/C32H21FN4/c33-32-28(22-34)30(36(24-13-5-1-6-14-24)25-15-7-2-8-16-25)21-31(29(32)23-35)37(26-17-9-3-10-18-26)27-19-11-4-12-20-27/h1-21H. The molecule has 0 aliphatic carbocycles. The monoisotopic (exact) mass is 480 g/mol. The Kier molecular flexibility index (Phi) is 6.61. The maximum Gasteiger partial charge on any atom is 0.162 e. The van der Waals surface area contributed by atoms with Gasteiger partial charge in [-0.2, -0.15) is 10.5 Å². The van der Waals surface area contributed by atoms with Crippen LogP contribution < -0.4 is 9.80 Å². The van der Waals surface area contributed by atoms with E-state index in [1.807, 2.05) is 143 Å². The minimum absolute atomic E-state index is 0.200. The lowest BCUT2D eigenvalue weighted by atomic mass is 10.0. The summed E-state index contributed by atoms with van der Waals surface area (Å²) in [4.78, 5) is 3.67. The summed E-state index contributed by atoms with van der Waals surface area (Å²) in [6.07, 6.45) is 0. The number of rotatable bonds is 6. The lowest BCUT2D eigenvalue weighted by Gasteiger charge is -2.31. The number of nitriles is 2. The van der Waals surface area contributed by atoms with Gasteiger partial charge in [-0.25, -0.2) is 4.39 Å². The Balaban J connectivity index is 1.85. The number of nitrogens with zero attached hydrogens (tertiary/aromatic N) is 4. The fourth-order valence-corrected chi connectivity index (χ4v) is 4.35. The molecule has 0 spiro atoms. The lowest BCUT2D eigenvalue weighted by Crippen LogP contribution is -2.17. The average Bonchev–Trinajstić information content (AvgIpc) is 2.96. The largest absolute Gasteiger partial charge is 0.309 e. The summed E-state index contributed by atoms with van der Waals surface area (Å²) in [6.45, 7) is 0. The molecule has 0 saturated heterocycles. The minimum Gasteiger partial charge on any atom is -0.309 e. The summed E-state index contributed by atoms with van der Waals surface area (Å²) in [7, 11) is 0. The van der Waals surface area contributed by atoms with Crippen LogP contribution in [0.4, 0.5) is 38.5 Å². The Morgan fingerprint density at radius 3 is 0.973 bits per heavy atom. The smallest absolute Gasteiger partial charge is 0.162 e. The summed E-state index contributed by atoms with van der Waals surface area (Å²) in [6, 6.07) is 43.6. The van der Waals surface area contributed by atoms with Crippen molar-refractivity contribution in [3.05, 3.63) is 144 Å². The van der Waals surface area contributed by atoms with Gasteiger partial charge in [0.05, 0.1) is 11.4 Å². The van der Waals surface area contributed by atoms with Crippen molar-refractivity contribution < 1.29 is 4.39 Å². The molecule has 0 aromatic heterocycles. The van der Waals surface area contributed by atoms with Crippen molar-refractivity contribution in [1.82, 2.24) is 0 Å². The van der Waals surface area contributed by atoms with E-state index in [1.54, 1.807) is 6.07 Å². The first-order valence-corrected chi connectivity index (χ1v) is 11.7. The maximum atomic E-state index is 16.1. The summed E-state index contributed by atoms with van der Waals surface area (Å²) < 4.78 is 16.1. The highest BCUT2D eigenvalue weighted by Crippen LogP contribution is 2.44. The van der Waals surface area contributed by atoms with E-state index in [9.17, 15) is 10.5 Å². The second-order valence-electron chi connectivity index (χ2n) is 8.22. The molecule has 0 aliphatic heterocycles. The molecule has 4 nitrogen and oxygen atoms in total. The van der Waals surface area contributed by atoms with Crippen LogP contribution in [-0.4, -0.2) is 0 Å². The van der Waals surface area contributed by atoms with E-state index in [4.69, 9.17) is 0 Å². The zero-order chi connectivity index (χ0) is 25.6. The topological polar surface area (TPSA) is 54.1 Å². The Labute approximate surface area is 215 Å². The number of hydrogen-bond donors (Lipinski definition) is 0. The Hall–Kier alpha value is -5.39. The highest BCUT2D eigenvalue weighted by atomic mass is 19.1. The van der Waals surface area contributed by atoms with E-state index < -0.39 is 5.82 Å². The van der Waals surface area contributed by atoms with Crippen molar-refractivity contribution >= 4 is 34.1 Å². The molecule has 0 bridgehead atoms. The van der Waals surface area contributed by atoms with E-state index in [1.165, 1.54) is 0 Å². The molecule has 0 saturated carbocycles. The van der Waals surface area contributed by atoms with Crippen molar-refractivity contribution in [2.75, 3.05) is 9.80 Å². The minimum atomic E-state index is -0.855. The Morgan fingerprint density at radius 2 is 0.730 bits per heavy atom. The summed E-state index contributed by atoms with van der Waals surface area (Å²) in [5, 5.41) is 20.2. The molecular formula is C32H21FN4. The first-order valence-electron chi connectivity index (χ1n) is 11.7. The fraction of sp³-hybridized carbons (Fsp3) is 0. The molecular weight excluding hydrogens is 459 g/mol. The molecule has 0 amide bonds. The Morgan fingerprint density at radius 1 is 0.459 bits per heavy atom. The van der Waals surface area contributed by atoms with Gasteiger partial charge >= 0.3 is 0 Å². The molecule has 176 valence electrons. The van der Waals surface area contributed by atoms with Crippen LogP contribution in [0, 0.1) is 28.5 Å². The Bertz CT molecular complexity index is 1390. The zero-order valence-corrected chi connectivity index (χ0v) is 19.8. The van der Waals surface area contributed by atoms with Crippen molar-refractivity contribution in [1.29, 1.82) is 10.5 Å². The highest BCUT2D eigenvalue weighted by Gasteiger charge is 2.27. The highest BCUT2D eigenvalue weighted by molar-refractivity contribution is 5.88. The average molecular weight is 481 g/mol. The summed E-state index contributed by atoms with van der Waals surface area (Å²) >= 11 is 0. The molecule has 0 unspecified atom stereocenters. The number of anilines is 6. The third kappa shape index (κ3) is 4.50. The fourth-order valence-electron chi connectivity index (χ4n) is 4.35. The number of hydrogen-bond acceptors (Lipinski definition) is 4. The third-order valence-corrected chi connectivity index (χ3v) is 5.99. The van der Waals surface area contributed by atoms with Crippen molar-refractivity contribution in [3.8, 4) is 12.1 Å². The molecule has 37 heavy (non-hydrogen) atoms. The summed E-state index contributed by atoms with van der Waals surface area (Å²) in [5.41, 5.74) is 3.30. The van der Waals surface area contributed by atoms with Crippen LogP contribution in [0.3, 0.4) is 0 Å². The van der Waals surface area contributed by atoms with Gasteiger partial charge in [0.15, 0.2) is 5.82 Å². The number of benzene rings is 5. The van der Waals surface area contributed by atoms with Crippen LogP contribution in [0.2, 0.25) is 0 Å². The molecule has 0 radical (unpaired) electrons. The number of para-hydroxylation sites is 4. The third-order valence-electron chi connectivity index (χ3n) is 5.99. The van der Waals surface area contributed by atoms with Crippen LogP contribution in [-0.2, 0) is 0 Å². The van der Waals surface area contributed by atoms with Crippen LogP contribution in [0.1, 0.15) is 11.1 Å².